The number of carbonyl (C=O) groups is 2. The van der Waals surface area contributed by atoms with Crippen LogP contribution in [-0.2, 0) is 9.59 Å². The number of hydrogen-bond donors (Lipinski definition) is 1. The van der Waals surface area contributed by atoms with E-state index in [1.807, 2.05) is 28.8 Å². The van der Waals surface area contributed by atoms with Crippen LogP contribution in [0.15, 0.2) is 60.2 Å². The number of hydrogen-bond acceptors (Lipinski definition) is 3. The first-order valence-electron chi connectivity index (χ1n) is 11.1. The summed E-state index contributed by atoms with van der Waals surface area (Å²) >= 11 is 0. The van der Waals surface area contributed by atoms with Crippen molar-refractivity contribution in [2.24, 2.45) is 0 Å². The molecule has 0 unspecified atom stereocenters. The van der Waals surface area contributed by atoms with Crippen LogP contribution in [0.25, 0.3) is 11.0 Å². The lowest BCUT2D eigenvalue weighted by molar-refractivity contribution is -0.124. The number of allylic oxidation sites excluding steroid dienone is 1. The van der Waals surface area contributed by atoms with Crippen LogP contribution in [0.1, 0.15) is 44.6 Å². The fourth-order valence-corrected chi connectivity index (χ4v) is 4.63. The Morgan fingerprint density at radius 1 is 1.12 bits per heavy atom. The van der Waals surface area contributed by atoms with E-state index in [9.17, 15) is 14.0 Å². The molecule has 3 aromatic rings. The number of nitrogens with zero attached hydrogens (tertiary/aromatic N) is 3. The molecule has 0 saturated heterocycles. The Labute approximate surface area is 185 Å². The zero-order chi connectivity index (χ0) is 22.1. The Morgan fingerprint density at radius 3 is 2.75 bits per heavy atom. The number of halogens is 1. The zero-order valence-corrected chi connectivity index (χ0v) is 17.8. The highest BCUT2D eigenvalue weighted by Crippen LogP contribution is 2.37. The fourth-order valence-electron chi connectivity index (χ4n) is 4.63. The molecule has 1 atom stereocenters. The highest BCUT2D eigenvalue weighted by Gasteiger charge is 2.40. The number of rotatable bonds is 6. The quantitative estimate of drug-likeness (QED) is 0.559. The Hall–Kier alpha value is -3.48. The summed E-state index contributed by atoms with van der Waals surface area (Å²) in [6.07, 6.45) is 7.60. The molecule has 0 spiro atoms. The van der Waals surface area contributed by atoms with Gasteiger partial charge in [-0.05, 0) is 56.4 Å². The van der Waals surface area contributed by atoms with E-state index in [1.165, 1.54) is 30.5 Å². The predicted molar refractivity (Wildman–Crippen MR) is 122 cm³/mol. The molecule has 0 fully saturated rings. The van der Waals surface area contributed by atoms with Crippen LogP contribution in [0, 0.1) is 5.82 Å². The molecule has 0 radical (unpaired) electrons. The molecular formula is C25H25FN4O2. The number of amides is 2. The normalized spacial score (nSPS) is 18.0. The van der Waals surface area contributed by atoms with Crippen molar-refractivity contribution in [1.82, 2.24) is 9.55 Å². The molecule has 7 heteroatoms. The fraction of sp³-hybridized carbons (Fsp3) is 0.320. The first-order chi connectivity index (χ1) is 15.6. The van der Waals surface area contributed by atoms with E-state index >= 15 is 0 Å². The topological polar surface area (TPSA) is 67.2 Å². The highest BCUT2D eigenvalue weighted by molar-refractivity contribution is 6.05. The Morgan fingerprint density at radius 2 is 1.94 bits per heavy atom. The summed E-state index contributed by atoms with van der Waals surface area (Å²) in [5.74, 6) is -0.474. The molecule has 1 N–H and O–H groups in total. The summed E-state index contributed by atoms with van der Waals surface area (Å²) in [4.78, 5) is 32.5. The van der Waals surface area contributed by atoms with Crippen molar-refractivity contribution in [3.05, 3.63) is 66.0 Å². The van der Waals surface area contributed by atoms with Crippen LogP contribution in [0.2, 0.25) is 0 Å². The van der Waals surface area contributed by atoms with Crippen LogP contribution in [0.4, 0.5) is 16.0 Å². The minimum Gasteiger partial charge on any atom is -0.324 e. The molecule has 6 nitrogen and oxygen atoms in total. The average molecular weight is 432 g/mol. The maximum Gasteiger partial charge on any atom is 0.253 e. The van der Waals surface area contributed by atoms with Crippen molar-refractivity contribution in [3.8, 4) is 0 Å². The Kier molecular flexibility index (Phi) is 5.47. The van der Waals surface area contributed by atoms with Gasteiger partial charge in [0.1, 0.15) is 11.9 Å². The average Bonchev–Trinajstić information content (AvgIpc) is 3.29. The largest absolute Gasteiger partial charge is 0.324 e. The predicted octanol–water partition coefficient (Wildman–Crippen LogP) is 4.98. The van der Waals surface area contributed by atoms with Crippen LogP contribution >= 0.6 is 0 Å². The van der Waals surface area contributed by atoms with Gasteiger partial charge in [0, 0.05) is 6.54 Å². The van der Waals surface area contributed by atoms with Crippen molar-refractivity contribution in [1.29, 1.82) is 0 Å². The molecule has 1 aliphatic carbocycles. The molecule has 2 aliphatic rings. The summed E-state index contributed by atoms with van der Waals surface area (Å²) in [5.41, 5.74) is 3.10. The number of imidazole rings is 1. The lowest BCUT2D eigenvalue weighted by Crippen LogP contribution is -2.32. The van der Waals surface area contributed by atoms with Crippen LogP contribution in [0.3, 0.4) is 0 Å². The minimum atomic E-state index is -0.704. The highest BCUT2D eigenvalue weighted by atomic mass is 19.1. The third-order valence-electron chi connectivity index (χ3n) is 6.25. The van der Waals surface area contributed by atoms with E-state index in [-0.39, 0.29) is 18.0 Å². The molecule has 5 rings (SSSR count). The van der Waals surface area contributed by atoms with Gasteiger partial charge in [0.15, 0.2) is 0 Å². The van der Waals surface area contributed by atoms with Gasteiger partial charge in [0.05, 0.1) is 23.1 Å². The van der Waals surface area contributed by atoms with E-state index in [0.29, 0.717) is 12.5 Å². The van der Waals surface area contributed by atoms with Crippen molar-refractivity contribution in [2.75, 3.05) is 16.8 Å². The first kappa shape index (κ1) is 20.4. The van der Waals surface area contributed by atoms with Crippen molar-refractivity contribution in [3.63, 3.8) is 0 Å². The summed E-state index contributed by atoms with van der Waals surface area (Å²) < 4.78 is 15.8. The maximum absolute atomic E-state index is 14.0. The smallest absolute Gasteiger partial charge is 0.253 e. The standard InChI is InChI=1S/C25H25FN4O2/c26-18-10-4-5-11-19(18)27-23(31)16-22-24(32)29(15-14-17-8-2-1-3-9-17)25-28-20-12-6-7-13-21(20)30(22)25/h4-8,10-13,22H,1-3,9,14-16H2,(H,27,31)/t22-/m0/s1. The second-order valence-electron chi connectivity index (χ2n) is 8.37. The third kappa shape index (κ3) is 3.79. The Balaban J connectivity index is 1.41. The van der Waals surface area contributed by atoms with Gasteiger partial charge in [-0.1, -0.05) is 35.9 Å². The number of nitrogens with one attached hydrogen (secondary N) is 1. The van der Waals surface area contributed by atoms with Gasteiger partial charge in [-0.15, -0.1) is 0 Å². The van der Waals surface area contributed by atoms with Crippen LogP contribution < -0.4 is 10.2 Å². The number of carbonyl (C=O) groups excluding carboxylic acids is 2. The second-order valence-corrected chi connectivity index (χ2v) is 8.37. The van der Waals surface area contributed by atoms with Gasteiger partial charge in [-0.3, -0.25) is 19.1 Å². The van der Waals surface area contributed by atoms with Crippen molar-refractivity contribution in [2.45, 2.75) is 44.6 Å². The van der Waals surface area contributed by atoms with Crippen LogP contribution in [-0.4, -0.2) is 27.9 Å². The second kappa shape index (κ2) is 8.57. The van der Waals surface area contributed by atoms with E-state index in [2.05, 4.69) is 11.4 Å². The number of para-hydroxylation sites is 3. The van der Waals surface area contributed by atoms with Gasteiger partial charge in [-0.2, -0.15) is 0 Å². The molecule has 2 amide bonds. The lowest BCUT2D eigenvalue weighted by atomic mass is 9.97. The van der Waals surface area contributed by atoms with Crippen molar-refractivity contribution < 1.29 is 14.0 Å². The van der Waals surface area contributed by atoms with Gasteiger partial charge in [0.2, 0.25) is 11.9 Å². The lowest BCUT2D eigenvalue weighted by Gasteiger charge is -2.18. The number of aromatic nitrogens is 2. The van der Waals surface area contributed by atoms with Gasteiger partial charge in [-0.25, -0.2) is 9.37 Å². The van der Waals surface area contributed by atoms with E-state index in [4.69, 9.17) is 4.98 Å². The number of anilines is 2. The SMILES string of the molecule is O=C(C[C@H]1C(=O)N(CCC2=CCCCC2)c2nc3ccccc3n21)Nc1ccccc1F. The third-order valence-corrected chi connectivity index (χ3v) is 6.25. The monoisotopic (exact) mass is 432 g/mol. The first-order valence-corrected chi connectivity index (χ1v) is 11.1. The molecule has 1 aliphatic heterocycles. The number of fused-ring (bicyclic) bond motifs is 3. The summed E-state index contributed by atoms with van der Waals surface area (Å²) in [7, 11) is 0. The molecule has 2 aromatic carbocycles. The van der Waals surface area contributed by atoms with Crippen LogP contribution in [0.5, 0.6) is 0 Å². The van der Waals surface area contributed by atoms with Gasteiger partial charge in [0.25, 0.3) is 5.91 Å². The molecule has 164 valence electrons. The molecular weight excluding hydrogens is 407 g/mol. The van der Waals surface area contributed by atoms with E-state index in [0.717, 1.165) is 30.3 Å². The number of benzene rings is 2. The van der Waals surface area contributed by atoms with Gasteiger partial charge >= 0.3 is 0 Å². The van der Waals surface area contributed by atoms with E-state index in [1.54, 1.807) is 17.0 Å². The zero-order valence-electron chi connectivity index (χ0n) is 17.8. The summed E-state index contributed by atoms with van der Waals surface area (Å²) in [5, 5.41) is 2.60. The van der Waals surface area contributed by atoms with E-state index < -0.39 is 17.8 Å². The molecule has 2 heterocycles. The Bertz CT molecular complexity index is 1220. The summed E-state index contributed by atoms with van der Waals surface area (Å²) in [6.45, 7) is 0.541. The molecule has 0 saturated carbocycles. The minimum absolute atomic E-state index is 0.0836. The maximum atomic E-state index is 14.0. The molecule has 1 aromatic heterocycles. The van der Waals surface area contributed by atoms with Crippen molar-refractivity contribution >= 4 is 34.5 Å². The van der Waals surface area contributed by atoms with Gasteiger partial charge < -0.3 is 5.32 Å². The molecule has 32 heavy (non-hydrogen) atoms. The molecule has 0 bridgehead atoms. The summed E-state index contributed by atoms with van der Waals surface area (Å²) in [6, 6.07) is 12.9.